The summed E-state index contributed by atoms with van der Waals surface area (Å²) in [7, 11) is 0. The maximum absolute atomic E-state index is 2.38. The molecule has 0 aliphatic carbocycles. The van der Waals surface area contributed by atoms with Gasteiger partial charge in [0.1, 0.15) is 0 Å². The summed E-state index contributed by atoms with van der Waals surface area (Å²) >= 11 is 0. The van der Waals surface area contributed by atoms with Crippen molar-refractivity contribution >= 4 is 70.7 Å². The molecule has 0 amide bonds. The molecule has 0 aliphatic rings. The van der Waals surface area contributed by atoms with Crippen LogP contribution in [0.1, 0.15) is 11.1 Å². The highest BCUT2D eigenvalue weighted by molar-refractivity contribution is 6.25. The molecule has 0 nitrogen and oxygen atoms in total. The average Bonchev–Trinajstić information content (AvgIpc) is 3.11. The van der Waals surface area contributed by atoms with Gasteiger partial charge in [-0.1, -0.05) is 164 Å². The molecular formula is C45H30. The van der Waals surface area contributed by atoms with Crippen LogP contribution in [0.4, 0.5) is 0 Å². The Morgan fingerprint density at radius 1 is 0.378 bits per heavy atom. The van der Waals surface area contributed by atoms with Crippen LogP contribution in [0.5, 0.6) is 0 Å². The second-order valence-corrected chi connectivity index (χ2v) is 12.0. The van der Waals surface area contributed by atoms with Gasteiger partial charge in [0, 0.05) is 0 Å². The lowest BCUT2D eigenvalue weighted by molar-refractivity contribution is 1.34. The molecule has 0 N–H and O–H groups in total. The Balaban J connectivity index is 1.30. The summed E-state index contributed by atoms with van der Waals surface area (Å²) in [6, 6.07) is 57.7. The maximum atomic E-state index is 2.38. The predicted octanol–water partition coefficient (Wildman–Crippen LogP) is 12.5. The smallest absolute Gasteiger partial charge is 0.00143 e. The summed E-state index contributed by atoms with van der Waals surface area (Å²) in [6.45, 7) is 0. The Labute approximate surface area is 262 Å². The summed E-state index contributed by atoms with van der Waals surface area (Å²) in [5, 5.41) is 15.6. The monoisotopic (exact) mass is 570 g/mol. The fourth-order valence-electron chi connectivity index (χ4n) is 7.49. The topological polar surface area (TPSA) is 0 Å². The summed E-state index contributed by atoms with van der Waals surface area (Å²) in [6.07, 6.45) is 5.61. The van der Waals surface area contributed by atoms with Gasteiger partial charge in [0.25, 0.3) is 0 Å². The van der Waals surface area contributed by atoms with Crippen molar-refractivity contribution in [2.45, 2.75) is 6.42 Å². The van der Waals surface area contributed by atoms with Gasteiger partial charge >= 0.3 is 0 Å². The fourth-order valence-corrected chi connectivity index (χ4v) is 7.49. The van der Waals surface area contributed by atoms with Gasteiger partial charge in [-0.05, 0) is 99.4 Å². The van der Waals surface area contributed by atoms with Gasteiger partial charge in [-0.3, -0.25) is 0 Å². The summed E-state index contributed by atoms with van der Waals surface area (Å²) < 4.78 is 0. The molecule has 0 heterocycles. The van der Waals surface area contributed by atoms with Gasteiger partial charge in [0.15, 0.2) is 0 Å². The van der Waals surface area contributed by atoms with Crippen molar-refractivity contribution in [2.75, 3.05) is 0 Å². The largest absolute Gasteiger partial charge is 0.0795 e. The molecule has 0 bridgehead atoms. The van der Waals surface area contributed by atoms with Gasteiger partial charge in [-0.2, -0.15) is 0 Å². The molecule has 0 heteroatoms. The van der Waals surface area contributed by atoms with Gasteiger partial charge in [0.2, 0.25) is 0 Å². The fraction of sp³-hybridized carbons (Fsp3) is 0.0222. The molecule has 9 aromatic rings. The third-order valence-corrected chi connectivity index (χ3v) is 9.51. The van der Waals surface area contributed by atoms with E-state index >= 15 is 0 Å². The Morgan fingerprint density at radius 3 is 1.73 bits per heavy atom. The Bertz CT molecular complexity index is 2600. The Morgan fingerprint density at radius 2 is 0.956 bits per heavy atom. The maximum Gasteiger partial charge on any atom is -0.00143 e. The number of fused-ring (bicyclic) bond motifs is 8. The zero-order valence-corrected chi connectivity index (χ0v) is 24.9. The van der Waals surface area contributed by atoms with E-state index in [1.54, 1.807) is 0 Å². The molecule has 0 radical (unpaired) electrons. The average molecular weight is 571 g/mol. The van der Waals surface area contributed by atoms with E-state index in [2.05, 4.69) is 170 Å². The molecule has 9 aromatic carbocycles. The molecule has 0 saturated carbocycles. The summed E-state index contributed by atoms with van der Waals surface area (Å²) in [4.78, 5) is 0. The number of benzene rings is 9. The van der Waals surface area contributed by atoms with E-state index in [1.807, 2.05) is 0 Å². The lowest BCUT2D eigenvalue weighted by atomic mass is 9.85. The third kappa shape index (κ3) is 4.14. The Kier molecular flexibility index (Phi) is 5.99. The predicted molar refractivity (Wildman–Crippen MR) is 196 cm³/mol. The third-order valence-electron chi connectivity index (χ3n) is 9.51. The van der Waals surface area contributed by atoms with E-state index in [-0.39, 0.29) is 0 Å². The Hall–Kier alpha value is -5.72. The minimum atomic E-state index is 0.847. The van der Waals surface area contributed by atoms with E-state index in [9.17, 15) is 0 Å². The summed E-state index contributed by atoms with van der Waals surface area (Å²) in [5.74, 6) is 0. The molecule has 9 rings (SSSR count). The highest BCUT2D eigenvalue weighted by Crippen LogP contribution is 2.43. The molecule has 210 valence electrons. The highest BCUT2D eigenvalue weighted by Gasteiger charge is 2.16. The van der Waals surface area contributed by atoms with Crippen LogP contribution in [0.3, 0.4) is 0 Å². The minimum absolute atomic E-state index is 0.847. The second-order valence-electron chi connectivity index (χ2n) is 12.0. The van der Waals surface area contributed by atoms with Crippen LogP contribution in [-0.4, -0.2) is 0 Å². The van der Waals surface area contributed by atoms with E-state index in [4.69, 9.17) is 0 Å². The molecule has 0 saturated heterocycles. The van der Waals surface area contributed by atoms with Gasteiger partial charge in [-0.15, -0.1) is 0 Å². The number of hydrogen-bond donors (Lipinski definition) is 0. The van der Waals surface area contributed by atoms with Crippen molar-refractivity contribution in [3.63, 3.8) is 0 Å². The first-order valence-electron chi connectivity index (χ1n) is 15.8. The van der Waals surface area contributed by atoms with E-state index < -0.39 is 0 Å². The van der Waals surface area contributed by atoms with Crippen LogP contribution in [-0.2, 0) is 6.42 Å². The summed E-state index contributed by atoms with van der Waals surface area (Å²) in [5.41, 5.74) is 5.22. The molecule has 0 atom stereocenters. The van der Waals surface area contributed by atoms with E-state index in [0.717, 1.165) is 6.42 Å². The SMILES string of the molecule is C(=C\c1c2ccccc2c(-c2ccccc2)c2c1ccc1ccccc12)/Cc1c2ccccc2cc2c1ccc1ccccc12. The lowest BCUT2D eigenvalue weighted by Crippen LogP contribution is -1.92. The molecular weight excluding hydrogens is 540 g/mol. The highest BCUT2D eigenvalue weighted by atomic mass is 14.2. The first kappa shape index (κ1) is 25.7. The molecule has 0 spiro atoms. The van der Waals surface area contributed by atoms with Gasteiger partial charge < -0.3 is 0 Å². The zero-order chi connectivity index (χ0) is 29.7. The van der Waals surface area contributed by atoms with Crippen molar-refractivity contribution in [1.82, 2.24) is 0 Å². The van der Waals surface area contributed by atoms with Crippen molar-refractivity contribution in [3.05, 3.63) is 175 Å². The van der Waals surface area contributed by atoms with Crippen LogP contribution in [0, 0.1) is 0 Å². The van der Waals surface area contributed by atoms with Crippen molar-refractivity contribution in [2.24, 2.45) is 0 Å². The van der Waals surface area contributed by atoms with Crippen molar-refractivity contribution < 1.29 is 0 Å². The standard InChI is InChI=1S/C45H30/c1-2-15-32(16-3-1)44-41-22-11-10-21-38(41)39(42-28-26-31-14-5-9-20-36(31)45(42)44)24-12-23-37-35-19-8-6-17-33(35)29-43-34-18-7-4-13-30(34)25-27-40(37)43/h1-22,24-29H,23H2/b24-12+. The molecule has 0 aliphatic heterocycles. The lowest BCUT2D eigenvalue weighted by Gasteiger charge is -2.18. The van der Waals surface area contributed by atoms with E-state index in [1.165, 1.54) is 86.9 Å². The molecule has 45 heavy (non-hydrogen) atoms. The molecule has 0 fully saturated rings. The van der Waals surface area contributed by atoms with Gasteiger partial charge in [0.05, 0.1) is 0 Å². The van der Waals surface area contributed by atoms with Crippen LogP contribution < -0.4 is 0 Å². The first-order chi connectivity index (χ1) is 22.3. The first-order valence-corrected chi connectivity index (χ1v) is 15.8. The van der Waals surface area contributed by atoms with Gasteiger partial charge in [-0.25, -0.2) is 0 Å². The van der Waals surface area contributed by atoms with Crippen LogP contribution in [0.25, 0.3) is 81.8 Å². The minimum Gasteiger partial charge on any atom is -0.0795 e. The quantitative estimate of drug-likeness (QED) is 0.146. The zero-order valence-electron chi connectivity index (χ0n) is 24.9. The number of rotatable bonds is 4. The number of allylic oxidation sites excluding steroid dienone is 1. The second kappa shape index (κ2) is 10.5. The van der Waals surface area contributed by atoms with Crippen LogP contribution in [0.15, 0.2) is 164 Å². The molecule has 0 aromatic heterocycles. The van der Waals surface area contributed by atoms with E-state index in [0.29, 0.717) is 0 Å². The number of hydrogen-bond acceptors (Lipinski definition) is 0. The van der Waals surface area contributed by atoms with Crippen LogP contribution >= 0.6 is 0 Å². The van der Waals surface area contributed by atoms with Crippen molar-refractivity contribution in [3.8, 4) is 11.1 Å². The van der Waals surface area contributed by atoms with Crippen molar-refractivity contribution in [1.29, 1.82) is 0 Å². The normalized spacial score (nSPS) is 12.0. The molecule has 0 unspecified atom stereocenters. The van der Waals surface area contributed by atoms with Crippen LogP contribution in [0.2, 0.25) is 0 Å².